The SMILES string of the molecule is O=C(O)c1ncccc1Oc1ccc(F)c(F)c1. The maximum atomic E-state index is 13.0. The molecule has 0 atom stereocenters. The maximum absolute atomic E-state index is 13.0. The third-order valence-corrected chi connectivity index (χ3v) is 2.09. The summed E-state index contributed by atoms with van der Waals surface area (Å²) in [7, 11) is 0. The van der Waals surface area contributed by atoms with Crippen LogP contribution >= 0.6 is 0 Å². The molecule has 6 heteroatoms. The van der Waals surface area contributed by atoms with Crippen molar-refractivity contribution in [1.82, 2.24) is 4.98 Å². The van der Waals surface area contributed by atoms with Gasteiger partial charge in [-0.2, -0.15) is 0 Å². The van der Waals surface area contributed by atoms with E-state index in [-0.39, 0.29) is 17.2 Å². The van der Waals surface area contributed by atoms with Crippen molar-refractivity contribution in [2.75, 3.05) is 0 Å². The molecular weight excluding hydrogens is 244 g/mol. The fourth-order valence-electron chi connectivity index (χ4n) is 1.30. The van der Waals surface area contributed by atoms with Crippen molar-refractivity contribution in [3.8, 4) is 11.5 Å². The Balaban J connectivity index is 2.34. The minimum Gasteiger partial charge on any atom is -0.476 e. The monoisotopic (exact) mass is 251 g/mol. The van der Waals surface area contributed by atoms with Gasteiger partial charge in [-0.25, -0.2) is 18.6 Å². The molecule has 0 saturated heterocycles. The van der Waals surface area contributed by atoms with Crippen molar-refractivity contribution >= 4 is 5.97 Å². The number of carbonyl (C=O) groups is 1. The van der Waals surface area contributed by atoms with Crippen molar-refractivity contribution in [3.05, 3.63) is 53.9 Å². The van der Waals surface area contributed by atoms with E-state index in [4.69, 9.17) is 9.84 Å². The first-order valence-corrected chi connectivity index (χ1v) is 4.89. The van der Waals surface area contributed by atoms with Crippen molar-refractivity contribution in [2.45, 2.75) is 0 Å². The third-order valence-electron chi connectivity index (χ3n) is 2.09. The average molecular weight is 251 g/mol. The van der Waals surface area contributed by atoms with Crippen molar-refractivity contribution in [2.24, 2.45) is 0 Å². The van der Waals surface area contributed by atoms with Crippen LogP contribution in [-0.2, 0) is 0 Å². The van der Waals surface area contributed by atoms with Crippen LogP contribution in [0.5, 0.6) is 11.5 Å². The summed E-state index contributed by atoms with van der Waals surface area (Å²) in [6.07, 6.45) is 1.29. The van der Waals surface area contributed by atoms with Gasteiger partial charge in [0, 0.05) is 12.3 Å². The van der Waals surface area contributed by atoms with Crippen molar-refractivity contribution in [3.63, 3.8) is 0 Å². The molecule has 18 heavy (non-hydrogen) atoms. The Morgan fingerprint density at radius 1 is 1.22 bits per heavy atom. The minimum atomic E-state index is -1.27. The van der Waals surface area contributed by atoms with E-state index in [0.29, 0.717) is 0 Å². The molecule has 0 bridgehead atoms. The molecule has 2 aromatic rings. The molecule has 1 aromatic carbocycles. The summed E-state index contributed by atoms with van der Waals surface area (Å²) in [5, 5.41) is 8.87. The summed E-state index contributed by atoms with van der Waals surface area (Å²) in [6.45, 7) is 0. The van der Waals surface area contributed by atoms with Crippen LogP contribution in [0.25, 0.3) is 0 Å². The van der Waals surface area contributed by atoms with Crippen molar-refractivity contribution < 1.29 is 23.4 Å². The largest absolute Gasteiger partial charge is 0.476 e. The summed E-state index contributed by atoms with van der Waals surface area (Å²) in [4.78, 5) is 14.5. The number of benzene rings is 1. The average Bonchev–Trinajstić information content (AvgIpc) is 2.34. The molecule has 1 heterocycles. The van der Waals surface area contributed by atoms with Crippen LogP contribution in [0.4, 0.5) is 8.78 Å². The van der Waals surface area contributed by atoms with E-state index in [0.717, 1.165) is 12.1 Å². The van der Waals surface area contributed by atoms with Crippen LogP contribution in [0.1, 0.15) is 10.5 Å². The van der Waals surface area contributed by atoms with Crippen molar-refractivity contribution in [1.29, 1.82) is 0 Å². The summed E-state index contributed by atoms with van der Waals surface area (Å²) >= 11 is 0. The summed E-state index contributed by atoms with van der Waals surface area (Å²) in [5.74, 6) is -3.41. The first-order valence-electron chi connectivity index (χ1n) is 4.89. The van der Waals surface area contributed by atoms with Crippen LogP contribution in [-0.4, -0.2) is 16.1 Å². The second-order valence-electron chi connectivity index (χ2n) is 3.33. The molecule has 92 valence electrons. The standard InChI is InChI=1S/C12H7F2NO3/c13-8-4-3-7(6-9(8)14)18-10-2-1-5-15-11(10)12(16)17/h1-6H,(H,16,17). The number of rotatable bonds is 3. The van der Waals surface area contributed by atoms with Crippen LogP contribution < -0.4 is 4.74 Å². The van der Waals surface area contributed by atoms with Gasteiger partial charge in [0.25, 0.3) is 0 Å². The molecule has 0 unspecified atom stereocenters. The molecule has 0 aliphatic rings. The number of nitrogens with zero attached hydrogens (tertiary/aromatic N) is 1. The molecule has 2 rings (SSSR count). The number of aromatic nitrogens is 1. The Labute approximate surface area is 100 Å². The molecule has 0 spiro atoms. The number of ether oxygens (including phenoxy) is 1. The molecule has 0 aliphatic heterocycles. The number of aromatic carboxylic acids is 1. The van der Waals surface area contributed by atoms with E-state index < -0.39 is 17.6 Å². The number of carboxylic acids is 1. The lowest BCUT2D eigenvalue weighted by atomic mass is 10.3. The summed E-state index contributed by atoms with van der Waals surface area (Å²) in [6, 6.07) is 5.76. The van der Waals surface area contributed by atoms with Gasteiger partial charge in [-0.05, 0) is 24.3 Å². The summed E-state index contributed by atoms with van der Waals surface area (Å²) in [5.41, 5.74) is -0.303. The molecule has 1 aromatic heterocycles. The van der Waals surface area contributed by atoms with Crippen LogP contribution in [0, 0.1) is 11.6 Å². The van der Waals surface area contributed by atoms with Crippen LogP contribution in [0.3, 0.4) is 0 Å². The number of hydrogen-bond donors (Lipinski definition) is 1. The number of carboxylic acid groups (broad SMARTS) is 1. The van der Waals surface area contributed by atoms with Crippen LogP contribution in [0.15, 0.2) is 36.5 Å². The number of halogens is 2. The molecule has 0 aliphatic carbocycles. The minimum absolute atomic E-state index is 0.00981. The number of pyridine rings is 1. The van der Waals surface area contributed by atoms with Crippen LogP contribution in [0.2, 0.25) is 0 Å². The molecule has 1 N–H and O–H groups in total. The normalized spacial score (nSPS) is 10.1. The topological polar surface area (TPSA) is 59.4 Å². The zero-order valence-electron chi connectivity index (χ0n) is 8.93. The molecule has 4 nitrogen and oxygen atoms in total. The first kappa shape index (κ1) is 12.0. The van der Waals surface area contributed by atoms with Gasteiger partial charge in [-0.1, -0.05) is 0 Å². The van der Waals surface area contributed by atoms with E-state index >= 15 is 0 Å². The third kappa shape index (κ3) is 2.42. The van der Waals surface area contributed by atoms with E-state index in [2.05, 4.69) is 4.98 Å². The highest BCUT2D eigenvalue weighted by Crippen LogP contribution is 2.25. The van der Waals surface area contributed by atoms with Gasteiger partial charge in [0.05, 0.1) is 0 Å². The Morgan fingerprint density at radius 3 is 2.67 bits per heavy atom. The predicted octanol–water partition coefficient (Wildman–Crippen LogP) is 2.85. The molecule has 0 saturated carbocycles. The van der Waals surface area contributed by atoms with E-state index in [1.165, 1.54) is 24.4 Å². The summed E-state index contributed by atoms with van der Waals surface area (Å²) < 4.78 is 30.8. The van der Waals surface area contributed by atoms with Gasteiger partial charge in [-0.3, -0.25) is 0 Å². The molecular formula is C12H7F2NO3. The fraction of sp³-hybridized carbons (Fsp3) is 0. The highest BCUT2D eigenvalue weighted by Gasteiger charge is 2.13. The Kier molecular flexibility index (Phi) is 3.18. The van der Waals surface area contributed by atoms with Gasteiger partial charge < -0.3 is 9.84 Å². The van der Waals surface area contributed by atoms with Gasteiger partial charge in [-0.15, -0.1) is 0 Å². The van der Waals surface area contributed by atoms with Gasteiger partial charge in [0.1, 0.15) is 5.75 Å². The Hall–Kier alpha value is -2.50. The maximum Gasteiger partial charge on any atom is 0.358 e. The van der Waals surface area contributed by atoms with Gasteiger partial charge in [0.2, 0.25) is 0 Å². The Bertz CT molecular complexity index is 602. The molecule has 0 radical (unpaired) electrons. The first-order chi connectivity index (χ1) is 8.58. The zero-order valence-corrected chi connectivity index (χ0v) is 8.93. The number of hydrogen-bond acceptors (Lipinski definition) is 3. The van der Waals surface area contributed by atoms with Gasteiger partial charge >= 0.3 is 5.97 Å². The smallest absolute Gasteiger partial charge is 0.358 e. The highest BCUT2D eigenvalue weighted by atomic mass is 19.2. The lowest BCUT2D eigenvalue weighted by Gasteiger charge is -2.07. The molecule has 0 amide bonds. The van der Waals surface area contributed by atoms with Gasteiger partial charge in [0.15, 0.2) is 23.1 Å². The Morgan fingerprint density at radius 2 is 2.00 bits per heavy atom. The fourth-order valence-corrected chi connectivity index (χ4v) is 1.30. The second-order valence-corrected chi connectivity index (χ2v) is 3.33. The lowest BCUT2D eigenvalue weighted by Crippen LogP contribution is -2.02. The molecule has 0 fully saturated rings. The predicted molar refractivity (Wildman–Crippen MR) is 57.6 cm³/mol. The highest BCUT2D eigenvalue weighted by molar-refractivity contribution is 5.88. The quantitative estimate of drug-likeness (QED) is 0.911. The lowest BCUT2D eigenvalue weighted by molar-refractivity contribution is 0.0687. The van der Waals surface area contributed by atoms with E-state index in [9.17, 15) is 13.6 Å². The van der Waals surface area contributed by atoms with E-state index in [1.54, 1.807) is 0 Å². The van der Waals surface area contributed by atoms with E-state index in [1.807, 2.05) is 0 Å². The zero-order chi connectivity index (χ0) is 13.1. The second kappa shape index (κ2) is 4.79.